The van der Waals surface area contributed by atoms with Crippen LogP contribution in [0.3, 0.4) is 0 Å². The van der Waals surface area contributed by atoms with Gasteiger partial charge in [0.15, 0.2) is 23.1 Å². The Bertz CT molecular complexity index is 574. The van der Waals surface area contributed by atoms with Gasteiger partial charge in [0.2, 0.25) is 0 Å². The number of furan rings is 2. The molecule has 0 aliphatic carbocycles. The number of carbonyl (C=O) groups is 2. The molecule has 0 fully saturated rings. The Morgan fingerprint density at radius 1 is 1.00 bits per heavy atom. The van der Waals surface area contributed by atoms with Gasteiger partial charge in [0.05, 0.1) is 0 Å². The van der Waals surface area contributed by atoms with Gasteiger partial charge in [-0.2, -0.15) is 0 Å². The molecule has 0 atom stereocenters. The molecule has 0 spiro atoms. The molecular weight excluding hydrogens is 232 g/mol. The minimum Gasteiger partial charge on any atom is -0.458 e. The first-order valence-corrected chi connectivity index (χ1v) is 5.75. The summed E-state index contributed by atoms with van der Waals surface area (Å²) < 4.78 is 10.8. The average Bonchev–Trinajstić information content (AvgIpc) is 2.93. The van der Waals surface area contributed by atoms with Crippen molar-refractivity contribution in [3.05, 3.63) is 35.8 Å². The van der Waals surface area contributed by atoms with Crippen LogP contribution in [0.25, 0.3) is 11.5 Å². The van der Waals surface area contributed by atoms with Crippen LogP contribution in [-0.4, -0.2) is 11.6 Å². The molecule has 0 N–H and O–H groups in total. The first-order valence-electron chi connectivity index (χ1n) is 5.75. The van der Waals surface area contributed by atoms with E-state index in [1.807, 2.05) is 13.0 Å². The van der Waals surface area contributed by atoms with E-state index < -0.39 is 0 Å². The van der Waals surface area contributed by atoms with Gasteiger partial charge in [-0.15, -0.1) is 0 Å². The van der Waals surface area contributed by atoms with Crippen molar-refractivity contribution in [3.8, 4) is 11.5 Å². The van der Waals surface area contributed by atoms with Crippen LogP contribution in [0.5, 0.6) is 0 Å². The van der Waals surface area contributed by atoms with Crippen molar-refractivity contribution in [3.63, 3.8) is 0 Å². The zero-order valence-electron chi connectivity index (χ0n) is 10.4. The third kappa shape index (κ3) is 2.77. The second-order valence-corrected chi connectivity index (χ2v) is 4.20. The summed E-state index contributed by atoms with van der Waals surface area (Å²) in [7, 11) is 0. The molecule has 4 heteroatoms. The highest BCUT2D eigenvalue weighted by molar-refractivity contribution is 5.96. The molecule has 0 unspecified atom stereocenters. The Kier molecular flexibility index (Phi) is 3.46. The van der Waals surface area contributed by atoms with E-state index in [1.165, 1.54) is 6.92 Å². The topological polar surface area (TPSA) is 60.4 Å². The van der Waals surface area contributed by atoms with Crippen molar-refractivity contribution in [1.82, 2.24) is 0 Å². The predicted octanol–water partition coefficient (Wildman–Crippen LogP) is 3.40. The fourth-order valence-corrected chi connectivity index (χ4v) is 1.60. The van der Waals surface area contributed by atoms with Crippen LogP contribution in [-0.2, 0) is 4.79 Å². The Morgan fingerprint density at radius 2 is 1.67 bits per heavy atom. The molecule has 0 aliphatic rings. The first-order chi connectivity index (χ1) is 8.56. The highest BCUT2D eigenvalue weighted by atomic mass is 16.4. The van der Waals surface area contributed by atoms with Gasteiger partial charge in [-0.3, -0.25) is 4.79 Å². The molecule has 0 radical (unpaired) electrons. The minimum atomic E-state index is -0.167. The first kappa shape index (κ1) is 12.4. The van der Waals surface area contributed by atoms with E-state index in [0.29, 0.717) is 11.5 Å². The van der Waals surface area contributed by atoms with E-state index in [1.54, 1.807) is 18.2 Å². The lowest BCUT2D eigenvalue weighted by atomic mass is 10.1. The quantitative estimate of drug-likeness (QED) is 0.758. The van der Waals surface area contributed by atoms with Gasteiger partial charge in [-0.05, 0) is 38.1 Å². The lowest BCUT2D eigenvalue weighted by Gasteiger charge is -1.95. The number of ketones is 2. The number of hydrogen-bond acceptors (Lipinski definition) is 4. The number of rotatable bonds is 5. The predicted molar refractivity (Wildman–Crippen MR) is 65.4 cm³/mol. The molecule has 0 aromatic carbocycles. The molecule has 2 rings (SSSR count). The lowest BCUT2D eigenvalue weighted by molar-refractivity contribution is -0.116. The van der Waals surface area contributed by atoms with E-state index in [-0.39, 0.29) is 30.2 Å². The van der Waals surface area contributed by atoms with E-state index in [2.05, 4.69) is 0 Å². The largest absolute Gasteiger partial charge is 0.458 e. The number of aryl methyl sites for hydroxylation is 1. The van der Waals surface area contributed by atoms with Crippen LogP contribution in [0.4, 0.5) is 0 Å². The van der Waals surface area contributed by atoms with Gasteiger partial charge in [0, 0.05) is 12.8 Å². The molecule has 0 amide bonds. The SMILES string of the molecule is CC(=O)CCC(=O)c1ccc(-c2ccc(C)o2)o1. The molecule has 2 aromatic rings. The standard InChI is InChI=1S/C14H14O4/c1-9(15)3-5-11(16)12-7-8-14(18-12)13-6-4-10(2)17-13/h4,6-8H,3,5H2,1-2H3. The molecule has 0 saturated heterocycles. The third-order valence-electron chi connectivity index (χ3n) is 2.57. The zero-order valence-corrected chi connectivity index (χ0v) is 10.4. The van der Waals surface area contributed by atoms with Crippen LogP contribution in [0, 0.1) is 6.92 Å². The van der Waals surface area contributed by atoms with E-state index >= 15 is 0 Å². The summed E-state index contributed by atoms with van der Waals surface area (Å²) in [6, 6.07) is 6.92. The molecule has 94 valence electrons. The smallest absolute Gasteiger partial charge is 0.198 e. The number of hydrogen-bond donors (Lipinski definition) is 0. The maximum atomic E-state index is 11.7. The van der Waals surface area contributed by atoms with Gasteiger partial charge in [-0.25, -0.2) is 0 Å². The van der Waals surface area contributed by atoms with Gasteiger partial charge in [0.25, 0.3) is 0 Å². The van der Waals surface area contributed by atoms with Crippen LogP contribution >= 0.6 is 0 Å². The Hall–Kier alpha value is -2.10. The van der Waals surface area contributed by atoms with Crippen molar-refractivity contribution < 1.29 is 18.4 Å². The monoisotopic (exact) mass is 246 g/mol. The minimum absolute atomic E-state index is 0.00297. The molecule has 2 heterocycles. The van der Waals surface area contributed by atoms with Crippen molar-refractivity contribution >= 4 is 11.6 Å². The maximum absolute atomic E-state index is 11.7. The zero-order chi connectivity index (χ0) is 13.1. The molecular formula is C14H14O4. The molecule has 4 nitrogen and oxygen atoms in total. The van der Waals surface area contributed by atoms with Crippen molar-refractivity contribution in [2.45, 2.75) is 26.7 Å². The van der Waals surface area contributed by atoms with Gasteiger partial charge in [0.1, 0.15) is 11.5 Å². The fourth-order valence-electron chi connectivity index (χ4n) is 1.60. The second kappa shape index (κ2) is 5.04. The summed E-state index contributed by atoms with van der Waals surface area (Å²) in [6.45, 7) is 3.30. The van der Waals surface area contributed by atoms with Crippen LogP contribution in [0.15, 0.2) is 33.1 Å². The van der Waals surface area contributed by atoms with Crippen molar-refractivity contribution in [2.24, 2.45) is 0 Å². The number of Topliss-reactive ketones (excluding diaryl/α,β-unsaturated/α-hetero) is 2. The summed E-state index contributed by atoms with van der Waals surface area (Å²) in [4.78, 5) is 22.5. The van der Waals surface area contributed by atoms with Crippen LogP contribution < -0.4 is 0 Å². The van der Waals surface area contributed by atoms with Crippen molar-refractivity contribution in [1.29, 1.82) is 0 Å². The Balaban J connectivity index is 2.10. The average molecular weight is 246 g/mol. The van der Waals surface area contributed by atoms with Crippen LogP contribution in [0.2, 0.25) is 0 Å². The highest BCUT2D eigenvalue weighted by Crippen LogP contribution is 2.24. The maximum Gasteiger partial charge on any atom is 0.198 e. The lowest BCUT2D eigenvalue weighted by Crippen LogP contribution is -2.00. The summed E-state index contributed by atoms with van der Waals surface area (Å²) in [6.07, 6.45) is 0.425. The molecule has 0 bridgehead atoms. The summed E-state index contributed by atoms with van der Waals surface area (Å²) in [5.74, 6) is 2.00. The molecule has 0 aliphatic heterocycles. The fraction of sp³-hybridized carbons (Fsp3) is 0.286. The van der Waals surface area contributed by atoms with Crippen LogP contribution in [0.1, 0.15) is 36.1 Å². The third-order valence-corrected chi connectivity index (χ3v) is 2.57. The van der Waals surface area contributed by atoms with Gasteiger partial charge >= 0.3 is 0 Å². The summed E-state index contributed by atoms with van der Waals surface area (Å²) in [5, 5.41) is 0. The Labute approximate surface area is 105 Å². The van der Waals surface area contributed by atoms with Crippen molar-refractivity contribution in [2.75, 3.05) is 0 Å². The molecule has 2 aromatic heterocycles. The highest BCUT2D eigenvalue weighted by Gasteiger charge is 2.14. The van der Waals surface area contributed by atoms with Gasteiger partial charge < -0.3 is 13.6 Å². The van der Waals surface area contributed by atoms with Gasteiger partial charge in [-0.1, -0.05) is 0 Å². The van der Waals surface area contributed by atoms with E-state index in [4.69, 9.17) is 8.83 Å². The normalized spacial score (nSPS) is 10.6. The van der Waals surface area contributed by atoms with E-state index in [9.17, 15) is 9.59 Å². The van der Waals surface area contributed by atoms with E-state index in [0.717, 1.165) is 5.76 Å². The second-order valence-electron chi connectivity index (χ2n) is 4.20. The Morgan fingerprint density at radius 3 is 2.28 bits per heavy atom. The summed E-state index contributed by atoms with van der Waals surface area (Å²) in [5.41, 5.74) is 0. The molecule has 18 heavy (non-hydrogen) atoms. The number of carbonyl (C=O) groups excluding carboxylic acids is 2. The summed E-state index contributed by atoms with van der Waals surface area (Å²) >= 11 is 0. The molecule has 0 saturated carbocycles.